The number of methoxy groups -OCH3 is 2. The number of H-pyrrole nitrogens is 1. The van der Waals surface area contributed by atoms with E-state index in [-0.39, 0.29) is 29.9 Å². The molecule has 0 saturated heterocycles. The third-order valence-corrected chi connectivity index (χ3v) is 8.15. The molecule has 42 heavy (non-hydrogen) atoms. The van der Waals surface area contributed by atoms with Crippen LogP contribution < -0.4 is 24.5 Å². The first kappa shape index (κ1) is 29.4. The van der Waals surface area contributed by atoms with Gasteiger partial charge in [0, 0.05) is 30.1 Å². The van der Waals surface area contributed by atoms with Gasteiger partial charge in [0.25, 0.3) is 5.56 Å². The average molecular weight is 577 g/mol. The van der Waals surface area contributed by atoms with Crippen LogP contribution in [-0.4, -0.2) is 57.6 Å². The summed E-state index contributed by atoms with van der Waals surface area (Å²) in [6, 6.07) is 11.5. The van der Waals surface area contributed by atoms with E-state index in [4.69, 9.17) is 18.9 Å². The summed E-state index contributed by atoms with van der Waals surface area (Å²) in [4.78, 5) is 18.8. The Kier molecular flexibility index (Phi) is 8.40. The third-order valence-electron chi connectivity index (χ3n) is 8.15. The highest BCUT2D eigenvalue weighted by Crippen LogP contribution is 2.36. The Balaban J connectivity index is 1.54. The molecule has 1 aliphatic heterocycles. The highest BCUT2D eigenvalue weighted by atomic mass is 16.7. The Morgan fingerprint density at radius 3 is 2.50 bits per heavy atom. The fourth-order valence-electron chi connectivity index (χ4n) is 5.45. The third kappa shape index (κ3) is 5.78. The van der Waals surface area contributed by atoms with Gasteiger partial charge in [0.1, 0.15) is 0 Å². The second-order valence-corrected chi connectivity index (χ2v) is 11.6. The van der Waals surface area contributed by atoms with Crippen LogP contribution in [0.1, 0.15) is 64.0 Å². The molecule has 0 saturated carbocycles. The minimum Gasteiger partial charge on any atom is -0.493 e. The van der Waals surface area contributed by atoms with Crippen LogP contribution in [-0.2, 0) is 18.5 Å². The van der Waals surface area contributed by atoms with E-state index in [9.17, 15) is 4.79 Å². The lowest BCUT2D eigenvalue weighted by Gasteiger charge is -2.35. The molecule has 2 aromatic carbocycles. The first-order valence-electron chi connectivity index (χ1n) is 14.3. The van der Waals surface area contributed by atoms with E-state index < -0.39 is 0 Å². The van der Waals surface area contributed by atoms with Gasteiger partial charge in [-0.1, -0.05) is 26.8 Å². The molecule has 11 nitrogen and oxygen atoms in total. The zero-order valence-corrected chi connectivity index (χ0v) is 25.4. The first-order chi connectivity index (χ1) is 20.1. The normalized spacial score (nSPS) is 13.7. The van der Waals surface area contributed by atoms with Crippen LogP contribution >= 0.6 is 0 Å². The Labute approximate surface area is 245 Å². The van der Waals surface area contributed by atoms with Crippen molar-refractivity contribution in [3.8, 4) is 23.0 Å². The molecule has 0 aliphatic carbocycles. The van der Waals surface area contributed by atoms with Gasteiger partial charge in [-0.2, -0.15) is 0 Å². The van der Waals surface area contributed by atoms with Gasteiger partial charge in [-0.25, -0.2) is 4.68 Å². The molecule has 0 unspecified atom stereocenters. The largest absolute Gasteiger partial charge is 0.493 e. The van der Waals surface area contributed by atoms with Crippen LogP contribution in [0.4, 0.5) is 0 Å². The van der Waals surface area contributed by atoms with E-state index in [1.165, 1.54) is 0 Å². The summed E-state index contributed by atoms with van der Waals surface area (Å²) < 4.78 is 24.0. The predicted molar refractivity (Wildman–Crippen MR) is 159 cm³/mol. The van der Waals surface area contributed by atoms with E-state index in [0.29, 0.717) is 53.6 Å². The lowest BCUT2D eigenvalue weighted by Crippen LogP contribution is -2.39. The molecule has 2 aromatic heterocycles. The van der Waals surface area contributed by atoms with Crippen molar-refractivity contribution in [3.63, 3.8) is 0 Å². The number of fused-ring (bicyclic) bond motifs is 2. The molecule has 0 bridgehead atoms. The molecule has 3 heterocycles. The number of aromatic nitrogens is 5. The smallest absolute Gasteiger partial charge is 0.252 e. The number of tetrazole rings is 1. The predicted octanol–water partition coefficient (Wildman–Crippen LogP) is 4.85. The van der Waals surface area contributed by atoms with Gasteiger partial charge in [0.15, 0.2) is 28.8 Å². The van der Waals surface area contributed by atoms with Crippen LogP contribution in [0.2, 0.25) is 0 Å². The van der Waals surface area contributed by atoms with Crippen molar-refractivity contribution in [2.24, 2.45) is 5.92 Å². The number of hydrogen-bond acceptors (Lipinski definition) is 9. The van der Waals surface area contributed by atoms with E-state index in [1.807, 2.05) is 41.1 Å². The number of nitrogens with zero attached hydrogens (tertiary/aromatic N) is 5. The summed E-state index contributed by atoms with van der Waals surface area (Å²) >= 11 is 0. The number of aromatic amines is 1. The summed E-state index contributed by atoms with van der Waals surface area (Å²) in [6.45, 7) is 11.9. The van der Waals surface area contributed by atoms with E-state index in [1.54, 1.807) is 14.2 Å². The Bertz CT molecular complexity index is 1610. The summed E-state index contributed by atoms with van der Waals surface area (Å²) in [5.74, 6) is 3.61. The van der Waals surface area contributed by atoms with Crippen LogP contribution in [0.5, 0.6) is 23.0 Å². The maximum absolute atomic E-state index is 13.4. The zero-order valence-electron chi connectivity index (χ0n) is 25.4. The SMILES string of the molecule is CCC(C)(C)n1nnnc1[C@H](C(C)C)N(CCc1ccc(OC)c(OC)c1)Cc1cc2cc3c(cc2[nH]c1=O)OCO3. The fourth-order valence-corrected chi connectivity index (χ4v) is 5.45. The van der Waals surface area contributed by atoms with Crippen molar-refractivity contribution in [2.45, 2.75) is 65.6 Å². The molecule has 0 spiro atoms. The van der Waals surface area contributed by atoms with Gasteiger partial charge < -0.3 is 23.9 Å². The quantitative estimate of drug-likeness (QED) is 0.253. The molecule has 5 rings (SSSR count). The van der Waals surface area contributed by atoms with Gasteiger partial charge in [-0.05, 0) is 72.9 Å². The van der Waals surface area contributed by atoms with Gasteiger partial charge in [-0.3, -0.25) is 9.69 Å². The van der Waals surface area contributed by atoms with Crippen molar-refractivity contribution in [2.75, 3.05) is 27.6 Å². The van der Waals surface area contributed by atoms with Gasteiger partial charge in [0.05, 0.1) is 31.3 Å². The number of hydrogen-bond donors (Lipinski definition) is 1. The molecule has 0 radical (unpaired) electrons. The standard InChI is InChI=1S/C31H40N6O5/c1-8-31(4,5)37-29(33-34-35-37)28(19(2)3)36(12-11-20-9-10-24(39-6)25(13-20)40-7)17-22-14-21-15-26-27(42-18-41-26)16-23(21)32-30(22)38/h9-10,13-16,19,28H,8,11-12,17-18H2,1-7H3,(H,32,38)/t28-/m0/s1. The summed E-state index contributed by atoms with van der Waals surface area (Å²) in [5, 5.41) is 13.9. The van der Waals surface area contributed by atoms with Gasteiger partial charge in [0.2, 0.25) is 6.79 Å². The molecular weight excluding hydrogens is 536 g/mol. The summed E-state index contributed by atoms with van der Waals surface area (Å²) in [7, 11) is 3.26. The van der Waals surface area contributed by atoms with Crippen molar-refractivity contribution in [1.29, 1.82) is 0 Å². The van der Waals surface area contributed by atoms with E-state index >= 15 is 0 Å². The lowest BCUT2D eigenvalue weighted by molar-refractivity contribution is 0.127. The van der Waals surface area contributed by atoms with Crippen LogP contribution in [0, 0.1) is 5.92 Å². The summed E-state index contributed by atoms with van der Waals surface area (Å²) in [5.41, 5.74) is 2.03. The number of nitrogens with one attached hydrogen (secondary N) is 1. The second-order valence-electron chi connectivity index (χ2n) is 11.6. The maximum Gasteiger partial charge on any atom is 0.252 e. The maximum atomic E-state index is 13.4. The molecule has 4 aromatic rings. The Hall–Kier alpha value is -4.12. The minimum absolute atomic E-state index is 0.145. The molecule has 1 aliphatic rings. The zero-order chi connectivity index (χ0) is 30.0. The number of benzene rings is 2. The van der Waals surface area contributed by atoms with E-state index in [0.717, 1.165) is 23.2 Å². The molecule has 11 heteroatoms. The van der Waals surface area contributed by atoms with Crippen LogP contribution in [0.15, 0.2) is 41.2 Å². The number of rotatable bonds is 12. The van der Waals surface area contributed by atoms with Crippen molar-refractivity contribution >= 4 is 10.9 Å². The van der Waals surface area contributed by atoms with Crippen molar-refractivity contribution in [3.05, 3.63) is 63.7 Å². The summed E-state index contributed by atoms with van der Waals surface area (Å²) in [6.07, 6.45) is 1.58. The van der Waals surface area contributed by atoms with Crippen molar-refractivity contribution in [1.82, 2.24) is 30.1 Å². The molecule has 224 valence electrons. The first-order valence-corrected chi connectivity index (χ1v) is 14.3. The molecule has 1 N–H and O–H groups in total. The second kappa shape index (κ2) is 12.0. The molecular formula is C31H40N6O5. The van der Waals surface area contributed by atoms with Crippen LogP contribution in [0.3, 0.4) is 0 Å². The average Bonchev–Trinajstić information content (AvgIpc) is 3.65. The lowest BCUT2D eigenvalue weighted by atomic mass is 9.97. The fraction of sp³-hybridized carbons (Fsp3) is 0.484. The van der Waals surface area contributed by atoms with Gasteiger partial charge in [-0.15, -0.1) is 5.10 Å². The highest BCUT2D eigenvalue weighted by Gasteiger charge is 2.34. The topological polar surface area (TPSA) is 117 Å². The monoisotopic (exact) mass is 576 g/mol. The Morgan fingerprint density at radius 1 is 1.07 bits per heavy atom. The van der Waals surface area contributed by atoms with Gasteiger partial charge >= 0.3 is 0 Å². The Morgan fingerprint density at radius 2 is 1.81 bits per heavy atom. The van der Waals surface area contributed by atoms with Crippen molar-refractivity contribution < 1.29 is 18.9 Å². The molecule has 0 fully saturated rings. The minimum atomic E-state index is -0.274. The molecule has 0 amide bonds. The molecule has 1 atom stereocenters. The van der Waals surface area contributed by atoms with Crippen LogP contribution in [0.25, 0.3) is 10.9 Å². The van der Waals surface area contributed by atoms with E-state index in [2.05, 4.69) is 60.0 Å². The number of ether oxygens (including phenoxy) is 4. The highest BCUT2D eigenvalue weighted by molar-refractivity contribution is 5.83. The number of pyridine rings is 1.